The standard InChI is InChI=1S/C10H13Cl2NO2/c1-14-6-13-5-7-3-8(11)4-9(12)10(7)15-2/h3-4,13H,5-6H2,1-2H3. The van der Waals surface area contributed by atoms with Gasteiger partial charge >= 0.3 is 0 Å². The van der Waals surface area contributed by atoms with E-state index < -0.39 is 0 Å². The summed E-state index contributed by atoms with van der Waals surface area (Å²) in [7, 11) is 3.20. The van der Waals surface area contributed by atoms with Crippen LogP contribution in [0.1, 0.15) is 5.56 Å². The zero-order valence-corrected chi connectivity index (χ0v) is 10.2. The van der Waals surface area contributed by atoms with Gasteiger partial charge < -0.3 is 9.47 Å². The average molecular weight is 250 g/mol. The highest BCUT2D eigenvalue weighted by molar-refractivity contribution is 6.35. The van der Waals surface area contributed by atoms with Crippen LogP contribution in [-0.2, 0) is 11.3 Å². The molecule has 1 N–H and O–H groups in total. The van der Waals surface area contributed by atoms with E-state index in [4.69, 9.17) is 32.7 Å². The molecule has 0 atom stereocenters. The van der Waals surface area contributed by atoms with Gasteiger partial charge in [-0.05, 0) is 12.1 Å². The minimum Gasteiger partial charge on any atom is -0.495 e. The molecule has 3 nitrogen and oxygen atoms in total. The summed E-state index contributed by atoms with van der Waals surface area (Å²) in [4.78, 5) is 0. The number of ether oxygens (including phenoxy) is 2. The molecule has 1 aromatic carbocycles. The van der Waals surface area contributed by atoms with E-state index in [1.54, 1.807) is 20.3 Å². The van der Waals surface area contributed by atoms with Gasteiger partial charge in [0, 0.05) is 24.2 Å². The van der Waals surface area contributed by atoms with Crippen molar-refractivity contribution < 1.29 is 9.47 Å². The maximum Gasteiger partial charge on any atom is 0.142 e. The van der Waals surface area contributed by atoms with Crippen LogP contribution in [0.3, 0.4) is 0 Å². The smallest absolute Gasteiger partial charge is 0.142 e. The molecule has 0 fully saturated rings. The van der Waals surface area contributed by atoms with Gasteiger partial charge in [-0.25, -0.2) is 0 Å². The number of hydrogen-bond acceptors (Lipinski definition) is 3. The quantitative estimate of drug-likeness (QED) is 0.643. The second-order valence-electron chi connectivity index (χ2n) is 2.94. The molecule has 0 unspecified atom stereocenters. The Hall–Kier alpha value is -0.480. The lowest BCUT2D eigenvalue weighted by molar-refractivity contribution is 0.174. The second kappa shape index (κ2) is 6.18. The summed E-state index contributed by atoms with van der Waals surface area (Å²) >= 11 is 11.9. The molecule has 0 aliphatic carbocycles. The molecule has 0 aliphatic rings. The van der Waals surface area contributed by atoms with E-state index >= 15 is 0 Å². The summed E-state index contributed by atoms with van der Waals surface area (Å²) < 4.78 is 10.1. The van der Waals surface area contributed by atoms with Crippen LogP contribution < -0.4 is 10.1 Å². The topological polar surface area (TPSA) is 30.5 Å². The summed E-state index contributed by atoms with van der Waals surface area (Å²) in [5, 5.41) is 4.17. The highest BCUT2D eigenvalue weighted by atomic mass is 35.5. The predicted octanol–water partition coefficient (Wildman–Crippen LogP) is 2.70. The first-order valence-electron chi connectivity index (χ1n) is 4.40. The van der Waals surface area contributed by atoms with Crippen molar-refractivity contribution >= 4 is 23.2 Å². The Balaban J connectivity index is 2.84. The van der Waals surface area contributed by atoms with Crippen molar-refractivity contribution in [2.75, 3.05) is 21.0 Å². The molecule has 0 aromatic heterocycles. The Bertz CT molecular complexity index is 331. The van der Waals surface area contributed by atoms with E-state index in [2.05, 4.69) is 5.32 Å². The van der Waals surface area contributed by atoms with Gasteiger partial charge in [-0.1, -0.05) is 23.2 Å². The summed E-state index contributed by atoms with van der Waals surface area (Å²) in [6.07, 6.45) is 0. The molecule has 0 radical (unpaired) electrons. The zero-order chi connectivity index (χ0) is 11.3. The molecule has 0 spiro atoms. The summed E-state index contributed by atoms with van der Waals surface area (Å²) in [5.41, 5.74) is 0.909. The molecule has 15 heavy (non-hydrogen) atoms. The van der Waals surface area contributed by atoms with Crippen molar-refractivity contribution in [3.8, 4) is 5.75 Å². The summed E-state index contributed by atoms with van der Waals surface area (Å²) in [6.45, 7) is 1.06. The van der Waals surface area contributed by atoms with Crippen LogP contribution in [0.4, 0.5) is 0 Å². The monoisotopic (exact) mass is 249 g/mol. The van der Waals surface area contributed by atoms with Crippen LogP contribution in [0, 0.1) is 0 Å². The lowest BCUT2D eigenvalue weighted by atomic mass is 10.2. The van der Waals surface area contributed by atoms with E-state index in [9.17, 15) is 0 Å². The van der Waals surface area contributed by atoms with Crippen LogP contribution in [0.15, 0.2) is 12.1 Å². The third-order valence-corrected chi connectivity index (χ3v) is 2.35. The highest BCUT2D eigenvalue weighted by Gasteiger charge is 2.08. The molecular weight excluding hydrogens is 237 g/mol. The van der Waals surface area contributed by atoms with Crippen molar-refractivity contribution in [2.45, 2.75) is 6.54 Å². The molecule has 0 amide bonds. The highest BCUT2D eigenvalue weighted by Crippen LogP contribution is 2.31. The molecule has 0 bridgehead atoms. The molecule has 0 heterocycles. The minimum atomic E-state index is 0.466. The molecular formula is C10H13Cl2NO2. The molecule has 84 valence electrons. The fourth-order valence-corrected chi connectivity index (χ4v) is 1.87. The Morgan fingerprint density at radius 1 is 1.27 bits per heavy atom. The van der Waals surface area contributed by atoms with E-state index in [1.807, 2.05) is 6.07 Å². The Morgan fingerprint density at radius 2 is 2.00 bits per heavy atom. The third-order valence-electron chi connectivity index (χ3n) is 1.85. The number of rotatable bonds is 5. The van der Waals surface area contributed by atoms with Gasteiger partial charge in [-0.2, -0.15) is 0 Å². The second-order valence-corrected chi connectivity index (χ2v) is 3.78. The fourth-order valence-electron chi connectivity index (χ4n) is 1.26. The number of methoxy groups -OCH3 is 2. The van der Waals surface area contributed by atoms with Gasteiger partial charge in [0.15, 0.2) is 0 Å². The van der Waals surface area contributed by atoms with Crippen molar-refractivity contribution in [3.05, 3.63) is 27.7 Å². The third kappa shape index (κ3) is 3.54. The first kappa shape index (κ1) is 12.6. The maximum atomic E-state index is 5.98. The fraction of sp³-hybridized carbons (Fsp3) is 0.400. The van der Waals surface area contributed by atoms with Gasteiger partial charge in [-0.3, -0.25) is 5.32 Å². The molecule has 1 rings (SSSR count). The first-order chi connectivity index (χ1) is 7.19. The van der Waals surface area contributed by atoms with Crippen LogP contribution in [0.25, 0.3) is 0 Å². The van der Waals surface area contributed by atoms with E-state index in [0.717, 1.165) is 5.56 Å². The van der Waals surface area contributed by atoms with E-state index in [-0.39, 0.29) is 0 Å². The molecule has 1 aromatic rings. The lowest BCUT2D eigenvalue weighted by Crippen LogP contribution is -2.16. The van der Waals surface area contributed by atoms with Gasteiger partial charge in [-0.15, -0.1) is 0 Å². The van der Waals surface area contributed by atoms with Crippen LogP contribution in [0.2, 0.25) is 10.0 Å². The van der Waals surface area contributed by atoms with Crippen molar-refractivity contribution in [1.29, 1.82) is 0 Å². The van der Waals surface area contributed by atoms with Gasteiger partial charge in [0.2, 0.25) is 0 Å². The normalized spacial score (nSPS) is 10.4. The molecule has 0 saturated carbocycles. The number of nitrogens with one attached hydrogen (secondary N) is 1. The van der Waals surface area contributed by atoms with Crippen LogP contribution in [0.5, 0.6) is 5.75 Å². The van der Waals surface area contributed by atoms with E-state index in [0.29, 0.717) is 29.1 Å². The minimum absolute atomic E-state index is 0.466. The van der Waals surface area contributed by atoms with Gasteiger partial charge in [0.25, 0.3) is 0 Å². The SMILES string of the molecule is COCNCc1cc(Cl)cc(Cl)c1OC. The lowest BCUT2D eigenvalue weighted by Gasteiger charge is -2.11. The van der Waals surface area contributed by atoms with Gasteiger partial charge in [0.1, 0.15) is 5.75 Å². The number of benzene rings is 1. The average Bonchev–Trinajstić information content (AvgIpc) is 2.17. The summed E-state index contributed by atoms with van der Waals surface area (Å²) in [5.74, 6) is 0.643. The zero-order valence-electron chi connectivity index (χ0n) is 8.64. The van der Waals surface area contributed by atoms with Crippen LogP contribution >= 0.6 is 23.2 Å². The van der Waals surface area contributed by atoms with E-state index in [1.165, 1.54) is 0 Å². The maximum absolute atomic E-state index is 5.98. The number of halogens is 2. The summed E-state index contributed by atoms with van der Waals surface area (Å²) in [6, 6.07) is 3.47. The largest absolute Gasteiger partial charge is 0.495 e. The molecule has 0 saturated heterocycles. The Kier molecular flexibility index (Phi) is 5.19. The Labute approximate surface area is 99.3 Å². The molecule has 0 aliphatic heterocycles. The first-order valence-corrected chi connectivity index (χ1v) is 5.16. The van der Waals surface area contributed by atoms with Gasteiger partial charge in [0.05, 0.1) is 18.9 Å². The van der Waals surface area contributed by atoms with Crippen LogP contribution in [-0.4, -0.2) is 21.0 Å². The van der Waals surface area contributed by atoms with Crippen molar-refractivity contribution in [2.24, 2.45) is 0 Å². The van der Waals surface area contributed by atoms with Crippen molar-refractivity contribution in [1.82, 2.24) is 5.32 Å². The molecule has 5 heteroatoms. The predicted molar refractivity (Wildman–Crippen MR) is 61.7 cm³/mol. The Morgan fingerprint density at radius 3 is 2.60 bits per heavy atom. The van der Waals surface area contributed by atoms with Crippen molar-refractivity contribution in [3.63, 3.8) is 0 Å². The number of hydrogen-bond donors (Lipinski definition) is 1.